The number of aromatic nitrogens is 14. The van der Waals surface area contributed by atoms with E-state index in [0.717, 1.165) is 149 Å². The topological polar surface area (TPSA) is 204 Å². The minimum Gasteiger partial charge on any atom is -0.480 e. The first-order valence-electron chi connectivity index (χ1n) is 48.6. The molecular formula is C118H141ClN14O6. The van der Waals surface area contributed by atoms with Crippen molar-refractivity contribution in [1.82, 2.24) is 66.3 Å². The van der Waals surface area contributed by atoms with E-state index >= 15 is 0 Å². The number of methoxy groups -OCH3 is 4. The van der Waals surface area contributed by atoms with E-state index in [1.54, 1.807) is 34.6 Å². The monoisotopic (exact) mass is 1890 g/mol. The van der Waals surface area contributed by atoms with E-state index in [1.165, 1.54) is 78.4 Å². The molecule has 0 atom stereocenters. The van der Waals surface area contributed by atoms with E-state index < -0.39 is 0 Å². The van der Waals surface area contributed by atoms with Crippen molar-refractivity contribution in [3.63, 3.8) is 0 Å². The van der Waals surface area contributed by atoms with E-state index in [1.807, 2.05) is 114 Å². The number of ketones is 1. The van der Waals surface area contributed by atoms with Crippen molar-refractivity contribution in [2.24, 2.45) is 35.5 Å². The zero-order valence-corrected chi connectivity index (χ0v) is 86.9. The smallest absolute Gasteiger partial charge is 0.272 e. The van der Waals surface area contributed by atoms with Crippen molar-refractivity contribution < 1.29 is 23.7 Å². The minimum atomic E-state index is -0.00989. The van der Waals surface area contributed by atoms with Gasteiger partial charge in [0.15, 0.2) is 5.15 Å². The fourth-order valence-corrected chi connectivity index (χ4v) is 18.3. The van der Waals surface area contributed by atoms with Gasteiger partial charge in [-0.25, -0.2) is 24.9 Å². The summed E-state index contributed by atoms with van der Waals surface area (Å²) in [7, 11) is 6.55. The number of carbonyl (C=O) groups excluding carboxylic acids is 1. The predicted octanol–water partition coefficient (Wildman–Crippen LogP) is 26.0. The number of ether oxygens (including phenoxy) is 4. The number of hydrogen-bond acceptors (Lipinski definition) is 13. The molecule has 0 aliphatic rings. The van der Waals surface area contributed by atoms with Crippen LogP contribution < -0.4 is 24.5 Å². The standard InChI is InChI=1S/C20H22N2O2.C20H24N2O.C20H24N2.C19H21ClN2.C19H22N2O.C13H18N2O.C7H10N2O/c1-13(2)10-16-11-17-20(24-4)21-14(3)12-22(17)18(16)19(23)15-8-6-5-7-9-15;1-14(2)10-17-12-19-20(23-4)21-15(3)13-22(19)18(17)11-16-8-6-5-7-9-16;1-14(2)10-18-12-19-16(4)21-15(3)13-22(19)20(18)11-17-8-6-5-7-9-17;1-13(2)9-16-11-18-19(20)21-14(3)12-22(18)17(16)10-15-7-5-4-6-8-15;1-13(2)9-16-11-18-19(22)20-14(3)12-21(18)17(16)10-15-7-5-4-6-8-15;1-9(2)5-11-6-12-13(16-4)14-10(3)7-15(12)8-11;1-5-4-8-6(2)7(9-5)10-3/h5-9,11-13H,10H2,1-4H3;5-9,12-14H,10-11H2,1-4H3;5-9,12-14H,10-11H2,1-4H3;4-8,11-13H,9-10H2,1-3H3;4-8,11-13H,9-10H2,1-3H3,(H,20,22);6-9H,5H2,1-4H3;4H,1-3H3. The molecule has 18 aromatic rings. The highest BCUT2D eigenvalue weighted by molar-refractivity contribution is 6.32. The molecule has 20 nitrogen and oxygen atoms in total. The number of aryl methyl sites for hydroxylation is 9. The number of nitrogens with zero attached hydrogens (tertiary/aromatic N) is 13. The average Bonchev–Trinajstić information content (AvgIpc) is 1.61. The lowest BCUT2D eigenvalue weighted by Crippen LogP contribution is -2.11. The first kappa shape index (κ1) is 104. The summed E-state index contributed by atoms with van der Waals surface area (Å²) in [6, 6.07) is 64.8. The Morgan fingerprint density at radius 1 is 0.324 bits per heavy atom. The van der Waals surface area contributed by atoms with Gasteiger partial charge in [-0.1, -0.05) is 246 Å². The molecule has 21 heteroatoms. The Bertz CT molecular complexity index is 7050. The van der Waals surface area contributed by atoms with Crippen LogP contribution in [0, 0.1) is 97.8 Å². The van der Waals surface area contributed by atoms with Crippen LogP contribution in [0.5, 0.6) is 23.5 Å². The molecule has 13 heterocycles. The van der Waals surface area contributed by atoms with Crippen LogP contribution in [0.25, 0.3) is 33.1 Å². The third-order valence-corrected chi connectivity index (χ3v) is 24.1. The summed E-state index contributed by atoms with van der Waals surface area (Å²) in [5.74, 6) is 6.15. The van der Waals surface area contributed by atoms with Crippen molar-refractivity contribution in [3.8, 4) is 23.5 Å². The Morgan fingerprint density at radius 3 is 1.08 bits per heavy atom. The van der Waals surface area contributed by atoms with Crippen molar-refractivity contribution >= 4 is 50.5 Å². The maximum atomic E-state index is 13.2. The highest BCUT2D eigenvalue weighted by Crippen LogP contribution is 2.34. The largest absolute Gasteiger partial charge is 0.480 e. The van der Waals surface area contributed by atoms with Crippen LogP contribution in [0.2, 0.25) is 5.15 Å². The van der Waals surface area contributed by atoms with Gasteiger partial charge in [0.2, 0.25) is 29.3 Å². The fraction of sp³-hybridized carbons (Fsp3) is 0.347. The number of benzene rings is 5. The SMILES string of the molecule is COc1nc(C)cn2c(C(=O)c3ccccc3)c(CC(C)C)cc12.COc1nc(C)cn2c(Cc3ccccc3)c(CC(C)C)cc12.COc1nc(C)cn2cc(CC(C)C)cc12.COc1nc(C)cnc1C.Cc1cn2c(Cc3ccccc3)c(CC(C)C)cc2c(=O)[nH]1.Cc1cn2c(Cc3ccccc3)c(CC(C)C)cc2c(C)n1.Cc1cn2c(Cc3ccccc3)c(CC(C)C)cc2c(Cl)n1. The van der Waals surface area contributed by atoms with Crippen LogP contribution in [0.4, 0.5) is 0 Å². The fourth-order valence-electron chi connectivity index (χ4n) is 18.0. The predicted molar refractivity (Wildman–Crippen MR) is 568 cm³/mol. The molecule has 0 unspecified atom stereocenters. The molecule has 0 aliphatic carbocycles. The van der Waals surface area contributed by atoms with Gasteiger partial charge in [-0.3, -0.25) is 19.6 Å². The van der Waals surface area contributed by atoms with Gasteiger partial charge < -0.3 is 50.3 Å². The maximum Gasteiger partial charge on any atom is 0.272 e. The van der Waals surface area contributed by atoms with Crippen molar-refractivity contribution in [2.45, 2.75) is 210 Å². The van der Waals surface area contributed by atoms with E-state index in [4.69, 9.17) is 30.5 Å². The summed E-state index contributed by atoms with van der Waals surface area (Å²) in [6.45, 7) is 44.5. The molecule has 0 saturated heterocycles. The summed E-state index contributed by atoms with van der Waals surface area (Å²) in [5, 5.41) is 0.587. The zero-order valence-electron chi connectivity index (χ0n) is 86.2. The lowest BCUT2D eigenvalue weighted by Gasteiger charge is -2.10. The maximum absolute atomic E-state index is 13.2. The van der Waals surface area contributed by atoms with Crippen LogP contribution in [0.3, 0.4) is 0 Å². The molecule has 0 saturated carbocycles. The number of aromatic amines is 1. The second-order valence-electron chi connectivity index (χ2n) is 39.0. The number of halogens is 1. The van der Waals surface area contributed by atoms with E-state index in [2.05, 4.69) is 329 Å². The molecule has 0 bridgehead atoms. The Hall–Kier alpha value is -13.7. The second-order valence-corrected chi connectivity index (χ2v) is 39.4. The van der Waals surface area contributed by atoms with Gasteiger partial charge in [0.1, 0.15) is 22.1 Å². The zero-order chi connectivity index (χ0) is 100. The Labute approximate surface area is 826 Å². The van der Waals surface area contributed by atoms with Crippen molar-refractivity contribution in [1.29, 1.82) is 0 Å². The van der Waals surface area contributed by atoms with Gasteiger partial charge in [0.25, 0.3) is 5.56 Å². The molecule has 13 aromatic heterocycles. The number of hydrogen-bond donors (Lipinski definition) is 1. The van der Waals surface area contributed by atoms with Crippen LogP contribution in [0.15, 0.2) is 242 Å². The van der Waals surface area contributed by atoms with E-state index in [9.17, 15) is 9.59 Å². The molecule has 1 N–H and O–H groups in total. The average molecular weight is 1890 g/mol. The highest BCUT2D eigenvalue weighted by atomic mass is 35.5. The third-order valence-electron chi connectivity index (χ3n) is 23.8. The van der Waals surface area contributed by atoms with Crippen LogP contribution in [0.1, 0.15) is 229 Å². The van der Waals surface area contributed by atoms with Gasteiger partial charge in [-0.15, -0.1) is 0 Å². The van der Waals surface area contributed by atoms with Gasteiger partial charge in [0, 0.05) is 109 Å². The number of carbonyl (C=O) groups is 1. The number of fused-ring (bicyclic) bond motifs is 6. The molecule has 5 aromatic carbocycles. The molecule has 0 amide bonds. The number of rotatable bonds is 26. The van der Waals surface area contributed by atoms with E-state index in [0.29, 0.717) is 75.4 Å². The molecule has 0 aliphatic heterocycles. The van der Waals surface area contributed by atoms with Crippen molar-refractivity contribution in [2.75, 3.05) is 28.4 Å². The van der Waals surface area contributed by atoms with E-state index in [-0.39, 0.29) is 11.3 Å². The van der Waals surface area contributed by atoms with Gasteiger partial charge in [-0.05, 0) is 228 Å². The quantitative estimate of drug-likeness (QED) is 0.0502. The van der Waals surface area contributed by atoms with Gasteiger partial charge >= 0.3 is 0 Å². The highest BCUT2D eigenvalue weighted by Gasteiger charge is 2.25. The number of nitrogens with one attached hydrogen (secondary N) is 1. The summed E-state index contributed by atoms with van der Waals surface area (Å²) < 4.78 is 34.1. The molecule has 0 spiro atoms. The summed E-state index contributed by atoms with van der Waals surface area (Å²) in [6.07, 6.45) is 26.0. The molecular weight excluding hydrogens is 1740 g/mol. The molecule has 0 radical (unpaired) electrons. The lowest BCUT2D eigenvalue weighted by molar-refractivity contribution is 0.103. The van der Waals surface area contributed by atoms with Gasteiger partial charge in [0.05, 0.1) is 90.7 Å². The minimum absolute atomic E-state index is 0.00989. The Morgan fingerprint density at radius 2 is 0.655 bits per heavy atom. The van der Waals surface area contributed by atoms with Gasteiger partial charge in [-0.2, -0.15) is 0 Å². The molecule has 0 fully saturated rings. The van der Waals surface area contributed by atoms with Crippen LogP contribution >= 0.6 is 11.6 Å². The summed E-state index contributed by atoms with van der Waals surface area (Å²) >= 11 is 6.36. The molecule has 726 valence electrons. The summed E-state index contributed by atoms with van der Waals surface area (Å²) in [4.78, 5) is 58.8. The van der Waals surface area contributed by atoms with Crippen LogP contribution in [-0.4, -0.2) is 100 Å². The third kappa shape index (κ3) is 27.6. The van der Waals surface area contributed by atoms with Crippen molar-refractivity contribution in [3.05, 3.63) is 394 Å². The Kier molecular flexibility index (Phi) is 36.4. The molecule has 18 rings (SSSR count). The lowest BCUT2D eigenvalue weighted by atomic mass is 9.99. The molecule has 139 heavy (non-hydrogen) atoms. The van der Waals surface area contributed by atoms with Crippen LogP contribution in [-0.2, 0) is 64.2 Å². The first-order valence-corrected chi connectivity index (χ1v) is 49.0. The number of H-pyrrole nitrogens is 1. The summed E-state index contributed by atoms with van der Waals surface area (Å²) in [5.41, 5.74) is 34.2. The Balaban J connectivity index is 0.000000147. The first-order chi connectivity index (χ1) is 66.5. The second kappa shape index (κ2) is 48.5. The normalized spacial score (nSPS) is 11.3.